The summed E-state index contributed by atoms with van der Waals surface area (Å²) in [5.74, 6) is 0.299. The predicted octanol–water partition coefficient (Wildman–Crippen LogP) is 2.96. The summed E-state index contributed by atoms with van der Waals surface area (Å²) in [6.07, 6.45) is 1.78. The fraction of sp³-hybridized carbons (Fsp3) is 0.471. The van der Waals surface area contributed by atoms with Crippen molar-refractivity contribution in [3.05, 3.63) is 40.5 Å². The lowest BCUT2D eigenvalue weighted by molar-refractivity contribution is -0.127. The lowest BCUT2D eigenvalue weighted by Gasteiger charge is -2.14. The normalized spacial score (nSPS) is 12.7. The maximum absolute atomic E-state index is 12.0. The third-order valence-electron chi connectivity index (χ3n) is 3.26. The fourth-order valence-corrected chi connectivity index (χ4v) is 2.88. The summed E-state index contributed by atoms with van der Waals surface area (Å²) >= 11 is 1.64. The molecule has 2 aromatic heterocycles. The number of pyridine rings is 1. The summed E-state index contributed by atoms with van der Waals surface area (Å²) in [5.41, 5.74) is 1.15. The van der Waals surface area contributed by atoms with Crippen LogP contribution in [0.15, 0.2) is 29.8 Å². The molecule has 0 fully saturated rings. The van der Waals surface area contributed by atoms with Gasteiger partial charge in [-0.2, -0.15) is 0 Å². The second-order valence-electron chi connectivity index (χ2n) is 6.35. The molecule has 0 aliphatic carbocycles. The first-order valence-electron chi connectivity index (χ1n) is 7.66. The minimum atomic E-state index is -0.577. The summed E-state index contributed by atoms with van der Waals surface area (Å²) in [6.45, 7) is 8.69. The molecule has 1 N–H and O–H groups in total. The number of hydrogen-bond acceptors (Lipinski definition) is 5. The van der Waals surface area contributed by atoms with E-state index >= 15 is 0 Å². The summed E-state index contributed by atoms with van der Waals surface area (Å²) in [4.78, 5) is 20.7. The van der Waals surface area contributed by atoms with Crippen LogP contribution in [0.2, 0.25) is 0 Å². The highest BCUT2D eigenvalue weighted by Crippen LogP contribution is 2.23. The van der Waals surface area contributed by atoms with Crippen LogP contribution in [-0.4, -0.2) is 28.5 Å². The maximum Gasteiger partial charge on any atom is 0.260 e. The second-order valence-corrected chi connectivity index (χ2v) is 7.29. The van der Waals surface area contributed by atoms with Gasteiger partial charge in [-0.1, -0.05) is 26.8 Å². The highest BCUT2D eigenvalue weighted by atomic mass is 32.1. The smallest absolute Gasteiger partial charge is 0.260 e. The van der Waals surface area contributed by atoms with E-state index in [9.17, 15) is 4.79 Å². The number of hydrogen-bond donors (Lipinski definition) is 1. The zero-order valence-corrected chi connectivity index (χ0v) is 14.8. The van der Waals surface area contributed by atoms with Crippen molar-refractivity contribution >= 4 is 17.2 Å². The molecule has 0 aliphatic rings. The number of amides is 1. The minimum absolute atomic E-state index is 0.0586. The maximum atomic E-state index is 12.0. The molecule has 1 amide bonds. The van der Waals surface area contributed by atoms with Crippen LogP contribution in [0.1, 0.15) is 38.4 Å². The van der Waals surface area contributed by atoms with Crippen molar-refractivity contribution in [1.82, 2.24) is 15.3 Å². The topological polar surface area (TPSA) is 64.1 Å². The zero-order chi connectivity index (χ0) is 16.9. The number of thiazole rings is 1. The molecule has 2 rings (SSSR count). The van der Waals surface area contributed by atoms with Crippen LogP contribution < -0.4 is 10.1 Å². The Bertz CT molecular complexity index is 635. The highest BCUT2D eigenvalue weighted by Gasteiger charge is 2.18. The number of nitrogens with zero attached hydrogens (tertiary/aromatic N) is 2. The lowest BCUT2D eigenvalue weighted by atomic mass is 9.93. The van der Waals surface area contributed by atoms with Crippen molar-refractivity contribution in [3.8, 4) is 5.88 Å². The first-order valence-corrected chi connectivity index (χ1v) is 8.54. The van der Waals surface area contributed by atoms with Crippen LogP contribution in [0.5, 0.6) is 5.88 Å². The van der Waals surface area contributed by atoms with E-state index < -0.39 is 6.10 Å². The fourth-order valence-electron chi connectivity index (χ4n) is 1.86. The van der Waals surface area contributed by atoms with Crippen LogP contribution in [0.3, 0.4) is 0 Å². The Morgan fingerprint density at radius 1 is 1.39 bits per heavy atom. The summed E-state index contributed by atoms with van der Waals surface area (Å²) in [7, 11) is 0. The van der Waals surface area contributed by atoms with E-state index in [-0.39, 0.29) is 11.3 Å². The van der Waals surface area contributed by atoms with Gasteiger partial charge in [0.15, 0.2) is 6.10 Å². The Balaban J connectivity index is 1.77. The molecule has 0 radical (unpaired) electrons. The Morgan fingerprint density at radius 2 is 2.17 bits per heavy atom. The van der Waals surface area contributed by atoms with Gasteiger partial charge in [0.1, 0.15) is 0 Å². The predicted molar refractivity (Wildman–Crippen MR) is 91.9 cm³/mol. The number of ether oxygens (including phenoxy) is 1. The van der Waals surface area contributed by atoms with Crippen molar-refractivity contribution in [3.63, 3.8) is 0 Å². The molecule has 2 aromatic rings. The molecular weight excluding hydrogens is 310 g/mol. The van der Waals surface area contributed by atoms with Gasteiger partial charge in [-0.05, 0) is 13.0 Å². The molecular formula is C17H23N3O2S. The standard InChI is InChI=1S/C17H23N3O2S/c1-12(22-14-7-5-6-9-18-14)16(21)19-10-8-15-20-13(11-23-15)17(2,3)4/h5-7,9,11-12H,8,10H2,1-4H3,(H,19,21). The molecule has 124 valence electrons. The Kier molecular flexibility index (Phi) is 5.71. The Morgan fingerprint density at radius 3 is 2.78 bits per heavy atom. The van der Waals surface area contributed by atoms with Crippen LogP contribution in [0.25, 0.3) is 0 Å². The van der Waals surface area contributed by atoms with Gasteiger partial charge < -0.3 is 10.1 Å². The average molecular weight is 333 g/mol. The lowest BCUT2D eigenvalue weighted by Crippen LogP contribution is -2.37. The number of rotatable bonds is 6. The molecule has 0 bridgehead atoms. The Hall–Kier alpha value is -1.95. The third-order valence-corrected chi connectivity index (χ3v) is 4.17. The van der Waals surface area contributed by atoms with Crippen molar-refractivity contribution in [2.45, 2.75) is 45.6 Å². The van der Waals surface area contributed by atoms with E-state index in [1.54, 1.807) is 36.6 Å². The molecule has 0 aliphatic heterocycles. The SMILES string of the molecule is CC(Oc1ccccn1)C(=O)NCCc1nc(C(C)(C)C)cs1. The van der Waals surface area contributed by atoms with E-state index in [0.717, 1.165) is 17.1 Å². The average Bonchev–Trinajstić information content (AvgIpc) is 2.97. The summed E-state index contributed by atoms with van der Waals surface area (Å²) < 4.78 is 5.49. The molecule has 0 spiro atoms. The van der Waals surface area contributed by atoms with Crippen LogP contribution in [0.4, 0.5) is 0 Å². The van der Waals surface area contributed by atoms with Gasteiger partial charge >= 0.3 is 0 Å². The van der Waals surface area contributed by atoms with Crippen molar-refractivity contribution in [2.75, 3.05) is 6.54 Å². The molecule has 0 aromatic carbocycles. The second kappa shape index (κ2) is 7.55. The van der Waals surface area contributed by atoms with Gasteiger partial charge in [0, 0.05) is 36.0 Å². The van der Waals surface area contributed by atoms with E-state index in [2.05, 4.69) is 41.4 Å². The van der Waals surface area contributed by atoms with E-state index in [1.807, 2.05) is 6.07 Å². The first kappa shape index (κ1) is 17.4. The van der Waals surface area contributed by atoms with Gasteiger partial charge in [0.25, 0.3) is 5.91 Å². The molecule has 1 unspecified atom stereocenters. The number of carbonyl (C=O) groups excluding carboxylic acids is 1. The first-order chi connectivity index (χ1) is 10.9. The van der Waals surface area contributed by atoms with Gasteiger partial charge in [0.05, 0.1) is 10.7 Å². The number of carbonyl (C=O) groups is 1. The molecule has 2 heterocycles. The molecule has 0 saturated heterocycles. The summed E-state index contributed by atoms with van der Waals surface area (Å²) in [5, 5.41) is 6.00. The van der Waals surface area contributed by atoms with Crippen molar-refractivity contribution < 1.29 is 9.53 Å². The zero-order valence-electron chi connectivity index (χ0n) is 14.0. The molecule has 1 atom stereocenters. The molecule has 6 heteroatoms. The van der Waals surface area contributed by atoms with E-state index in [4.69, 9.17) is 4.74 Å². The minimum Gasteiger partial charge on any atom is -0.465 e. The largest absolute Gasteiger partial charge is 0.465 e. The van der Waals surface area contributed by atoms with Gasteiger partial charge in [-0.25, -0.2) is 9.97 Å². The monoisotopic (exact) mass is 333 g/mol. The van der Waals surface area contributed by atoms with Crippen LogP contribution in [-0.2, 0) is 16.6 Å². The van der Waals surface area contributed by atoms with E-state index in [1.165, 1.54) is 0 Å². The van der Waals surface area contributed by atoms with Crippen molar-refractivity contribution in [2.24, 2.45) is 0 Å². The highest BCUT2D eigenvalue weighted by molar-refractivity contribution is 7.09. The molecule has 5 nitrogen and oxygen atoms in total. The van der Waals surface area contributed by atoms with Gasteiger partial charge in [-0.3, -0.25) is 4.79 Å². The number of nitrogens with one attached hydrogen (secondary N) is 1. The quantitative estimate of drug-likeness (QED) is 0.883. The molecule has 23 heavy (non-hydrogen) atoms. The van der Waals surface area contributed by atoms with Crippen LogP contribution >= 0.6 is 11.3 Å². The van der Waals surface area contributed by atoms with Crippen LogP contribution in [0, 0.1) is 0 Å². The summed E-state index contributed by atoms with van der Waals surface area (Å²) in [6, 6.07) is 5.35. The number of aromatic nitrogens is 2. The Labute approximate surface area is 141 Å². The van der Waals surface area contributed by atoms with Gasteiger partial charge in [-0.15, -0.1) is 11.3 Å². The molecule has 0 saturated carbocycles. The van der Waals surface area contributed by atoms with Gasteiger partial charge in [0.2, 0.25) is 5.88 Å². The third kappa shape index (κ3) is 5.32. The van der Waals surface area contributed by atoms with Crippen molar-refractivity contribution in [1.29, 1.82) is 0 Å². The van der Waals surface area contributed by atoms with E-state index in [0.29, 0.717) is 12.4 Å².